The molecule has 2 rings (SSSR count). The lowest BCUT2D eigenvalue weighted by Crippen LogP contribution is -2.39. The first kappa shape index (κ1) is 13.4. The molecule has 1 aromatic rings. The molecule has 0 heterocycles. The predicted octanol–water partition coefficient (Wildman–Crippen LogP) is 1.39. The van der Waals surface area contributed by atoms with Crippen LogP contribution in [0, 0.1) is 5.92 Å². The van der Waals surface area contributed by atoms with Gasteiger partial charge in [-0.15, -0.1) is 0 Å². The Labute approximate surface area is 111 Å². The van der Waals surface area contributed by atoms with Crippen LogP contribution in [0.5, 0.6) is 5.75 Å². The zero-order chi connectivity index (χ0) is 14.0. The molecule has 0 spiro atoms. The van der Waals surface area contributed by atoms with Crippen LogP contribution in [0.15, 0.2) is 24.3 Å². The van der Waals surface area contributed by atoms with Crippen LogP contribution in [0.3, 0.4) is 0 Å². The number of ether oxygens (including phenoxy) is 1. The molecule has 1 fully saturated rings. The third kappa shape index (κ3) is 3.05. The summed E-state index contributed by atoms with van der Waals surface area (Å²) < 4.78 is 5.15. The summed E-state index contributed by atoms with van der Waals surface area (Å²) in [4.78, 5) is 22.5. The lowest BCUT2D eigenvalue weighted by molar-refractivity contribution is -0.141. The smallest absolute Gasteiger partial charge is 0.325 e. The molecule has 0 aromatic heterocycles. The molecule has 1 saturated carbocycles. The number of hydrogen-bond donors (Lipinski definition) is 2. The summed E-state index contributed by atoms with van der Waals surface area (Å²) in [6.07, 6.45) is 0.755. The maximum absolute atomic E-state index is 11.9. The summed E-state index contributed by atoms with van der Waals surface area (Å²) in [7, 11) is 1.60. The van der Waals surface area contributed by atoms with E-state index in [2.05, 4.69) is 5.32 Å². The van der Waals surface area contributed by atoms with Gasteiger partial charge in [0.1, 0.15) is 11.8 Å². The van der Waals surface area contributed by atoms with E-state index >= 15 is 0 Å². The van der Waals surface area contributed by atoms with Crippen LogP contribution in [0.2, 0.25) is 0 Å². The quantitative estimate of drug-likeness (QED) is 0.841. The fraction of sp³-hybridized carbons (Fsp3) is 0.429. The van der Waals surface area contributed by atoms with Crippen molar-refractivity contribution < 1.29 is 19.4 Å². The molecule has 2 unspecified atom stereocenters. The summed E-state index contributed by atoms with van der Waals surface area (Å²) in [6, 6.07) is 6.77. The first-order valence-electron chi connectivity index (χ1n) is 6.20. The minimum absolute atomic E-state index is 0.131. The van der Waals surface area contributed by atoms with E-state index in [0.29, 0.717) is 0 Å². The number of rotatable bonds is 5. The standard InChI is InChI=1S/C14H17NO4/c1-8(14(17)18)15-13(16)12-7-11(12)9-4-3-5-10(6-9)19-2/h3-6,8,11-12H,7H2,1-2H3,(H,15,16)(H,17,18)/t8-,11?,12?/m1/s1. The summed E-state index contributed by atoms with van der Waals surface area (Å²) in [5, 5.41) is 11.3. The lowest BCUT2D eigenvalue weighted by Gasteiger charge is -2.09. The van der Waals surface area contributed by atoms with E-state index in [0.717, 1.165) is 17.7 Å². The molecule has 0 bridgehead atoms. The van der Waals surface area contributed by atoms with E-state index < -0.39 is 12.0 Å². The van der Waals surface area contributed by atoms with Gasteiger partial charge in [-0.05, 0) is 37.0 Å². The molecule has 1 aliphatic rings. The summed E-state index contributed by atoms with van der Waals surface area (Å²) in [6.45, 7) is 1.46. The molecule has 19 heavy (non-hydrogen) atoms. The SMILES string of the molecule is COc1cccc(C2CC2C(=O)N[C@H](C)C(=O)O)c1. The first-order valence-corrected chi connectivity index (χ1v) is 6.20. The van der Waals surface area contributed by atoms with Gasteiger partial charge < -0.3 is 15.2 Å². The molecule has 102 valence electrons. The maximum Gasteiger partial charge on any atom is 0.325 e. The third-order valence-corrected chi connectivity index (χ3v) is 3.38. The molecular formula is C14H17NO4. The van der Waals surface area contributed by atoms with Crippen molar-refractivity contribution >= 4 is 11.9 Å². The fourth-order valence-electron chi connectivity index (χ4n) is 2.11. The van der Waals surface area contributed by atoms with Crippen LogP contribution >= 0.6 is 0 Å². The van der Waals surface area contributed by atoms with Gasteiger partial charge in [-0.2, -0.15) is 0 Å². The van der Waals surface area contributed by atoms with Crippen LogP contribution in [0.25, 0.3) is 0 Å². The number of hydrogen-bond acceptors (Lipinski definition) is 3. The Morgan fingerprint density at radius 2 is 2.21 bits per heavy atom. The van der Waals surface area contributed by atoms with E-state index in [-0.39, 0.29) is 17.7 Å². The predicted molar refractivity (Wildman–Crippen MR) is 69.1 cm³/mol. The van der Waals surface area contributed by atoms with Gasteiger partial charge >= 0.3 is 5.97 Å². The zero-order valence-electron chi connectivity index (χ0n) is 10.9. The Bertz CT molecular complexity index is 500. The maximum atomic E-state index is 11.9. The summed E-state index contributed by atoms with van der Waals surface area (Å²) in [5.74, 6) is -0.415. The van der Waals surface area contributed by atoms with Gasteiger partial charge in [-0.3, -0.25) is 9.59 Å². The van der Waals surface area contributed by atoms with E-state index in [1.807, 2.05) is 24.3 Å². The Balaban J connectivity index is 1.96. The lowest BCUT2D eigenvalue weighted by atomic mass is 10.1. The van der Waals surface area contributed by atoms with E-state index in [1.165, 1.54) is 6.92 Å². The van der Waals surface area contributed by atoms with Crippen molar-refractivity contribution in [1.82, 2.24) is 5.32 Å². The van der Waals surface area contributed by atoms with Crippen molar-refractivity contribution in [2.24, 2.45) is 5.92 Å². The highest BCUT2D eigenvalue weighted by molar-refractivity contribution is 5.87. The van der Waals surface area contributed by atoms with Crippen molar-refractivity contribution in [1.29, 1.82) is 0 Å². The Morgan fingerprint density at radius 1 is 1.47 bits per heavy atom. The largest absolute Gasteiger partial charge is 0.497 e. The van der Waals surface area contributed by atoms with Crippen molar-refractivity contribution in [3.8, 4) is 5.75 Å². The van der Waals surface area contributed by atoms with Crippen molar-refractivity contribution in [2.75, 3.05) is 7.11 Å². The fourth-order valence-corrected chi connectivity index (χ4v) is 2.11. The number of aliphatic carboxylic acids is 1. The Morgan fingerprint density at radius 3 is 2.84 bits per heavy atom. The van der Waals surface area contributed by atoms with Gasteiger partial charge in [0.05, 0.1) is 7.11 Å². The highest BCUT2D eigenvalue weighted by Gasteiger charge is 2.44. The van der Waals surface area contributed by atoms with Crippen LogP contribution in [-0.2, 0) is 9.59 Å². The highest BCUT2D eigenvalue weighted by Crippen LogP contribution is 2.48. The number of carbonyl (C=O) groups excluding carboxylic acids is 1. The molecule has 0 saturated heterocycles. The number of methoxy groups -OCH3 is 1. The molecule has 3 atom stereocenters. The van der Waals surface area contributed by atoms with Crippen molar-refractivity contribution in [2.45, 2.75) is 25.3 Å². The minimum atomic E-state index is -1.02. The summed E-state index contributed by atoms with van der Waals surface area (Å²) >= 11 is 0. The number of carbonyl (C=O) groups is 2. The van der Waals surface area contributed by atoms with E-state index in [1.54, 1.807) is 7.11 Å². The van der Waals surface area contributed by atoms with Crippen LogP contribution < -0.4 is 10.1 Å². The monoisotopic (exact) mass is 263 g/mol. The second kappa shape index (κ2) is 5.30. The van der Waals surface area contributed by atoms with Gasteiger partial charge in [0.15, 0.2) is 0 Å². The van der Waals surface area contributed by atoms with Crippen LogP contribution in [0.1, 0.15) is 24.8 Å². The molecule has 0 aliphatic heterocycles. The Hall–Kier alpha value is -2.04. The zero-order valence-corrected chi connectivity index (χ0v) is 10.9. The molecule has 0 radical (unpaired) electrons. The first-order chi connectivity index (χ1) is 9.02. The van der Waals surface area contributed by atoms with Gasteiger partial charge in [0.25, 0.3) is 0 Å². The number of amides is 1. The molecule has 5 heteroatoms. The highest BCUT2D eigenvalue weighted by atomic mass is 16.5. The molecule has 2 N–H and O–H groups in total. The topological polar surface area (TPSA) is 75.6 Å². The molecule has 1 aliphatic carbocycles. The van der Waals surface area contributed by atoms with Gasteiger partial charge in [0.2, 0.25) is 5.91 Å². The van der Waals surface area contributed by atoms with Crippen molar-refractivity contribution in [3.63, 3.8) is 0 Å². The van der Waals surface area contributed by atoms with E-state index in [9.17, 15) is 9.59 Å². The minimum Gasteiger partial charge on any atom is -0.497 e. The van der Waals surface area contributed by atoms with Crippen molar-refractivity contribution in [3.05, 3.63) is 29.8 Å². The molecule has 5 nitrogen and oxygen atoms in total. The second-order valence-corrected chi connectivity index (χ2v) is 4.79. The third-order valence-electron chi connectivity index (χ3n) is 3.38. The number of nitrogens with one attached hydrogen (secondary N) is 1. The average molecular weight is 263 g/mol. The number of carboxylic acid groups (broad SMARTS) is 1. The summed E-state index contributed by atoms with van der Waals surface area (Å²) in [5.41, 5.74) is 1.06. The average Bonchev–Trinajstić information content (AvgIpc) is 3.19. The van der Waals surface area contributed by atoms with Gasteiger partial charge in [-0.1, -0.05) is 12.1 Å². The normalized spacial score (nSPS) is 22.4. The number of benzene rings is 1. The molecule has 1 aromatic carbocycles. The van der Waals surface area contributed by atoms with E-state index in [4.69, 9.17) is 9.84 Å². The Kier molecular flexibility index (Phi) is 3.74. The van der Waals surface area contributed by atoms with Gasteiger partial charge in [-0.25, -0.2) is 0 Å². The van der Waals surface area contributed by atoms with Crippen LogP contribution in [-0.4, -0.2) is 30.1 Å². The second-order valence-electron chi connectivity index (χ2n) is 4.79. The molecule has 1 amide bonds. The van der Waals surface area contributed by atoms with Gasteiger partial charge in [0, 0.05) is 5.92 Å². The number of carboxylic acids is 1. The van der Waals surface area contributed by atoms with Crippen LogP contribution in [0.4, 0.5) is 0 Å². The molecular weight excluding hydrogens is 246 g/mol.